The molecular weight excluding hydrogens is 474 g/mol. The lowest BCUT2D eigenvalue weighted by atomic mass is 9.94. The monoisotopic (exact) mass is 517 g/mol. The van der Waals surface area contributed by atoms with E-state index in [2.05, 4.69) is 17.2 Å². The summed E-state index contributed by atoms with van der Waals surface area (Å²) in [6, 6.07) is 5.34. The normalized spacial score (nSPS) is 13.5. The van der Waals surface area contributed by atoms with E-state index in [4.69, 9.17) is 9.47 Å². The van der Waals surface area contributed by atoms with Gasteiger partial charge in [0.05, 0.1) is 13.0 Å². The van der Waals surface area contributed by atoms with E-state index in [9.17, 15) is 19.2 Å². The summed E-state index contributed by atoms with van der Waals surface area (Å²) in [4.78, 5) is 53.3. The summed E-state index contributed by atoms with van der Waals surface area (Å²) in [6.45, 7) is 16.7. The molecular formula is C28H43N3O6. The summed E-state index contributed by atoms with van der Waals surface area (Å²) in [7, 11) is 0. The Morgan fingerprint density at radius 2 is 1.78 bits per heavy atom. The number of benzene rings is 1. The number of carbonyl (C=O) groups excluding carboxylic acids is 4. The summed E-state index contributed by atoms with van der Waals surface area (Å²) < 4.78 is 10.3. The fourth-order valence-corrected chi connectivity index (χ4v) is 3.72. The van der Waals surface area contributed by atoms with E-state index in [1.165, 1.54) is 11.0 Å². The Balaban J connectivity index is 3.39. The molecule has 1 rings (SSSR count). The van der Waals surface area contributed by atoms with Gasteiger partial charge in [0.1, 0.15) is 17.7 Å². The van der Waals surface area contributed by atoms with Crippen molar-refractivity contribution in [1.82, 2.24) is 15.5 Å². The predicted molar refractivity (Wildman–Crippen MR) is 143 cm³/mol. The van der Waals surface area contributed by atoms with Gasteiger partial charge in [0.25, 0.3) is 0 Å². The molecule has 0 radical (unpaired) electrons. The minimum atomic E-state index is -1.01. The Morgan fingerprint density at radius 3 is 2.32 bits per heavy atom. The van der Waals surface area contributed by atoms with Gasteiger partial charge < -0.3 is 25.0 Å². The van der Waals surface area contributed by atoms with Gasteiger partial charge in [-0.25, -0.2) is 4.79 Å². The first-order chi connectivity index (χ1) is 17.4. The van der Waals surface area contributed by atoms with Crippen molar-refractivity contribution in [2.24, 2.45) is 5.92 Å². The Kier molecular flexibility index (Phi) is 12.9. The van der Waals surface area contributed by atoms with Crippen molar-refractivity contribution < 1.29 is 28.7 Å². The highest BCUT2D eigenvalue weighted by Crippen LogP contribution is 2.27. The summed E-state index contributed by atoms with van der Waals surface area (Å²) in [5, 5.41) is 5.48. The SMILES string of the molecule is C=CCN(C(=O)C(NC(=O)OC(C)(C)C)C(C)CC)C(C(=O)NCCC(=O)OCC)c1ccccc1C. The maximum atomic E-state index is 14.0. The number of hydrogen-bond acceptors (Lipinski definition) is 6. The van der Waals surface area contributed by atoms with Gasteiger partial charge in [-0.15, -0.1) is 6.58 Å². The summed E-state index contributed by atoms with van der Waals surface area (Å²) in [5.74, 6) is -1.55. The Morgan fingerprint density at radius 1 is 1.14 bits per heavy atom. The fraction of sp³-hybridized carbons (Fsp3) is 0.571. The van der Waals surface area contributed by atoms with Gasteiger partial charge in [-0.05, 0) is 51.7 Å². The number of amides is 3. The number of hydrogen-bond donors (Lipinski definition) is 2. The molecule has 3 atom stereocenters. The molecule has 0 aliphatic heterocycles. The molecule has 0 heterocycles. The van der Waals surface area contributed by atoms with Gasteiger partial charge in [0, 0.05) is 13.1 Å². The van der Waals surface area contributed by atoms with E-state index in [1.54, 1.807) is 39.8 Å². The molecule has 37 heavy (non-hydrogen) atoms. The third-order valence-corrected chi connectivity index (χ3v) is 5.74. The zero-order valence-electron chi connectivity index (χ0n) is 23.3. The van der Waals surface area contributed by atoms with Crippen molar-refractivity contribution in [3.8, 4) is 0 Å². The zero-order chi connectivity index (χ0) is 28.2. The van der Waals surface area contributed by atoms with Gasteiger partial charge in [0.2, 0.25) is 11.8 Å². The molecule has 0 saturated carbocycles. The number of ether oxygens (including phenoxy) is 2. The molecule has 0 saturated heterocycles. The van der Waals surface area contributed by atoms with Crippen molar-refractivity contribution in [3.05, 3.63) is 48.0 Å². The molecule has 3 amide bonds. The van der Waals surface area contributed by atoms with Crippen LogP contribution >= 0.6 is 0 Å². The predicted octanol–water partition coefficient (Wildman–Crippen LogP) is 4.06. The second-order valence-electron chi connectivity index (χ2n) is 9.89. The van der Waals surface area contributed by atoms with E-state index in [0.717, 1.165) is 5.56 Å². The third kappa shape index (κ3) is 10.3. The van der Waals surface area contributed by atoms with Crippen molar-refractivity contribution in [2.45, 2.75) is 79.0 Å². The van der Waals surface area contributed by atoms with Gasteiger partial charge in [-0.2, -0.15) is 0 Å². The van der Waals surface area contributed by atoms with Crippen LogP contribution < -0.4 is 10.6 Å². The van der Waals surface area contributed by atoms with E-state index in [1.807, 2.05) is 32.9 Å². The van der Waals surface area contributed by atoms with Crippen LogP contribution in [0.2, 0.25) is 0 Å². The van der Waals surface area contributed by atoms with Crippen LogP contribution in [-0.4, -0.2) is 60.1 Å². The van der Waals surface area contributed by atoms with Gasteiger partial charge in [0.15, 0.2) is 0 Å². The fourth-order valence-electron chi connectivity index (χ4n) is 3.72. The number of esters is 1. The van der Waals surface area contributed by atoms with Crippen molar-refractivity contribution >= 4 is 23.9 Å². The van der Waals surface area contributed by atoms with E-state index in [0.29, 0.717) is 12.0 Å². The lowest BCUT2D eigenvalue weighted by Gasteiger charge is -2.36. The highest BCUT2D eigenvalue weighted by atomic mass is 16.6. The Hall–Kier alpha value is -3.36. The topological polar surface area (TPSA) is 114 Å². The molecule has 2 N–H and O–H groups in total. The first kappa shape index (κ1) is 31.7. The lowest BCUT2D eigenvalue weighted by molar-refractivity contribution is -0.144. The molecule has 0 aromatic heterocycles. The van der Waals surface area contributed by atoms with Crippen molar-refractivity contribution in [2.75, 3.05) is 19.7 Å². The van der Waals surface area contributed by atoms with Crippen LogP contribution in [0.3, 0.4) is 0 Å². The zero-order valence-corrected chi connectivity index (χ0v) is 23.3. The summed E-state index contributed by atoms with van der Waals surface area (Å²) in [5.41, 5.74) is 0.706. The maximum absolute atomic E-state index is 14.0. The van der Waals surface area contributed by atoms with Crippen LogP contribution in [-0.2, 0) is 23.9 Å². The second-order valence-corrected chi connectivity index (χ2v) is 9.89. The quantitative estimate of drug-likeness (QED) is 0.301. The first-order valence-corrected chi connectivity index (χ1v) is 12.8. The summed E-state index contributed by atoms with van der Waals surface area (Å²) >= 11 is 0. The molecule has 0 spiro atoms. The Bertz CT molecular complexity index is 940. The standard InChI is InChI=1S/C28H43N3O6/c1-9-18-31(26(34)23(19(4)10-2)30-27(35)37-28(6,7)8)24(21-15-13-12-14-20(21)5)25(33)29-17-16-22(32)36-11-3/h9,12-15,19,23-24H,1,10-11,16-18H2,2-8H3,(H,29,33)(H,30,35). The van der Waals surface area contributed by atoms with Gasteiger partial charge in [-0.3, -0.25) is 14.4 Å². The van der Waals surface area contributed by atoms with Crippen molar-refractivity contribution in [1.29, 1.82) is 0 Å². The molecule has 0 bridgehead atoms. The van der Waals surface area contributed by atoms with Crippen LogP contribution in [0.15, 0.2) is 36.9 Å². The minimum Gasteiger partial charge on any atom is -0.466 e. The molecule has 3 unspecified atom stereocenters. The van der Waals surface area contributed by atoms with E-state index >= 15 is 0 Å². The highest BCUT2D eigenvalue weighted by Gasteiger charge is 2.38. The molecule has 9 heteroatoms. The van der Waals surface area contributed by atoms with Crippen LogP contribution in [0.4, 0.5) is 4.79 Å². The largest absolute Gasteiger partial charge is 0.466 e. The Labute approximate surface area is 221 Å². The van der Waals surface area contributed by atoms with Crippen LogP contribution in [0, 0.1) is 12.8 Å². The van der Waals surface area contributed by atoms with Crippen LogP contribution in [0.1, 0.15) is 71.6 Å². The number of nitrogens with one attached hydrogen (secondary N) is 2. The van der Waals surface area contributed by atoms with E-state index in [-0.39, 0.29) is 32.0 Å². The lowest BCUT2D eigenvalue weighted by Crippen LogP contribution is -2.55. The molecule has 9 nitrogen and oxygen atoms in total. The number of rotatable bonds is 13. The van der Waals surface area contributed by atoms with E-state index < -0.39 is 41.6 Å². The molecule has 0 aliphatic rings. The average molecular weight is 518 g/mol. The van der Waals surface area contributed by atoms with Crippen molar-refractivity contribution in [3.63, 3.8) is 0 Å². The minimum absolute atomic E-state index is 0.00513. The van der Waals surface area contributed by atoms with Gasteiger partial charge >= 0.3 is 12.1 Å². The smallest absolute Gasteiger partial charge is 0.408 e. The molecule has 1 aromatic rings. The molecule has 0 fully saturated rings. The first-order valence-electron chi connectivity index (χ1n) is 12.8. The summed E-state index contributed by atoms with van der Waals surface area (Å²) in [6.07, 6.45) is 1.44. The average Bonchev–Trinajstić information content (AvgIpc) is 2.81. The molecule has 1 aromatic carbocycles. The molecule has 0 aliphatic carbocycles. The van der Waals surface area contributed by atoms with Crippen LogP contribution in [0.25, 0.3) is 0 Å². The molecule has 206 valence electrons. The number of aryl methyl sites for hydroxylation is 1. The second kappa shape index (κ2) is 15.0. The van der Waals surface area contributed by atoms with Crippen LogP contribution in [0.5, 0.6) is 0 Å². The third-order valence-electron chi connectivity index (χ3n) is 5.74. The number of nitrogens with zero attached hydrogens (tertiary/aromatic N) is 1. The number of alkyl carbamates (subject to hydrolysis) is 1. The number of carbonyl (C=O) groups is 4. The van der Waals surface area contributed by atoms with Gasteiger partial charge in [-0.1, -0.05) is 50.6 Å². The highest BCUT2D eigenvalue weighted by molar-refractivity contribution is 5.92. The maximum Gasteiger partial charge on any atom is 0.408 e.